The van der Waals surface area contributed by atoms with Crippen LogP contribution < -0.4 is 0 Å². The van der Waals surface area contributed by atoms with Crippen LogP contribution in [0.5, 0.6) is 0 Å². The Kier molecular flexibility index (Phi) is 4.95. The molecule has 0 N–H and O–H groups in total. The lowest BCUT2D eigenvalue weighted by atomic mass is 10.1. The molecule has 1 aliphatic rings. The number of hydrogen-bond donors (Lipinski definition) is 0. The van der Waals surface area contributed by atoms with Crippen molar-refractivity contribution >= 4 is 5.78 Å². The van der Waals surface area contributed by atoms with Crippen LogP contribution in [0.4, 0.5) is 0 Å². The molecule has 1 saturated heterocycles. The summed E-state index contributed by atoms with van der Waals surface area (Å²) >= 11 is 0. The first kappa shape index (κ1) is 15.2. The van der Waals surface area contributed by atoms with Crippen LogP contribution >= 0.6 is 0 Å². The van der Waals surface area contributed by atoms with Gasteiger partial charge in [0, 0.05) is 37.7 Å². The molecule has 3 nitrogen and oxygen atoms in total. The number of ketones is 1. The molecule has 0 radical (unpaired) electrons. The van der Waals surface area contributed by atoms with Gasteiger partial charge in [-0.1, -0.05) is 36.8 Å². The highest BCUT2D eigenvalue weighted by Gasteiger charge is 2.30. The Morgan fingerprint density at radius 1 is 1.25 bits per heavy atom. The van der Waals surface area contributed by atoms with Gasteiger partial charge in [-0.3, -0.25) is 4.79 Å². The lowest BCUT2D eigenvalue weighted by Gasteiger charge is -2.22. The Bertz CT molecular complexity index is 453. The third-order valence-corrected chi connectivity index (χ3v) is 4.34. The zero-order valence-electron chi connectivity index (χ0n) is 13.1. The SMILES string of the molecule is Cc1ccc(C(=O)CCN2CC(C)C(N(C)C)C2)cc1. The van der Waals surface area contributed by atoms with Crippen molar-refractivity contribution in [1.82, 2.24) is 9.80 Å². The van der Waals surface area contributed by atoms with Crippen LogP contribution in [-0.2, 0) is 0 Å². The molecule has 0 spiro atoms. The molecule has 0 saturated carbocycles. The van der Waals surface area contributed by atoms with Crippen LogP contribution in [0.25, 0.3) is 0 Å². The number of aryl methyl sites for hydroxylation is 1. The molecule has 2 unspecified atom stereocenters. The summed E-state index contributed by atoms with van der Waals surface area (Å²) in [5, 5.41) is 0. The van der Waals surface area contributed by atoms with Gasteiger partial charge in [0.05, 0.1) is 0 Å². The molecule has 2 rings (SSSR count). The first-order chi connectivity index (χ1) is 9.47. The Morgan fingerprint density at radius 2 is 1.90 bits per heavy atom. The highest BCUT2D eigenvalue weighted by Crippen LogP contribution is 2.20. The largest absolute Gasteiger partial charge is 0.305 e. The van der Waals surface area contributed by atoms with Gasteiger partial charge in [-0.15, -0.1) is 0 Å². The van der Waals surface area contributed by atoms with Crippen molar-refractivity contribution in [3.05, 3.63) is 35.4 Å². The number of likely N-dealkylation sites (tertiary alicyclic amines) is 1. The lowest BCUT2D eigenvalue weighted by molar-refractivity contribution is 0.0967. The van der Waals surface area contributed by atoms with Crippen LogP contribution in [0.3, 0.4) is 0 Å². The summed E-state index contributed by atoms with van der Waals surface area (Å²) in [5.41, 5.74) is 2.04. The number of likely N-dealkylation sites (N-methyl/N-ethyl adjacent to an activating group) is 1. The summed E-state index contributed by atoms with van der Waals surface area (Å²) in [7, 11) is 4.28. The van der Waals surface area contributed by atoms with E-state index in [9.17, 15) is 4.79 Å². The number of nitrogens with zero attached hydrogens (tertiary/aromatic N) is 2. The van der Waals surface area contributed by atoms with E-state index in [4.69, 9.17) is 0 Å². The predicted molar refractivity (Wildman–Crippen MR) is 83.2 cm³/mol. The van der Waals surface area contributed by atoms with Gasteiger partial charge in [-0.25, -0.2) is 0 Å². The standard InChI is InChI=1S/C17H26N2O/c1-13-5-7-15(8-6-13)17(20)9-10-19-11-14(2)16(12-19)18(3)4/h5-8,14,16H,9-12H2,1-4H3. The molecular formula is C17H26N2O. The van der Waals surface area contributed by atoms with E-state index in [-0.39, 0.29) is 5.78 Å². The lowest BCUT2D eigenvalue weighted by Crippen LogP contribution is -2.34. The van der Waals surface area contributed by atoms with E-state index in [1.54, 1.807) is 0 Å². The van der Waals surface area contributed by atoms with E-state index >= 15 is 0 Å². The molecule has 0 amide bonds. The summed E-state index contributed by atoms with van der Waals surface area (Å²) in [6.45, 7) is 7.40. The molecular weight excluding hydrogens is 248 g/mol. The van der Waals surface area contributed by atoms with Crippen LogP contribution in [0.2, 0.25) is 0 Å². The fraction of sp³-hybridized carbons (Fsp3) is 0.588. The number of hydrogen-bond acceptors (Lipinski definition) is 3. The highest BCUT2D eigenvalue weighted by atomic mass is 16.1. The maximum absolute atomic E-state index is 12.2. The van der Waals surface area contributed by atoms with E-state index in [0.717, 1.165) is 25.2 Å². The quantitative estimate of drug-likeness (QED) is 0.771. The van der Waals surface area contributed by atoms with Gasteiger partial charge in [0.15, 0.2) is 5.78 Å². The van der Waals surface area contributed by atoms with Gasteiger partial charge in [-0.2, -0.15) is 0 Å². The monoisotopic (exact) mass is 274 g/mol. The van der Waals surface area contributed by atoms with E-state index in [0.29, 0.717) is 18.4 Å². The Hall–Kier alpha value is -1.19. The van der Waals surface area contributed by atoms with Crippen molar-refractivity contribution in [2.24, 2.45) is 5.92 Å². The highest BCUT2D eigenvalue weighted by molar-refractivity contribution is 5.96. The minimum Gasteiger partial charge on any atom is -0.305 e. The second-order valence-electron chi connectivity index (χ2n) is 6.31. The Labute approximate surface area is 122 Å². The molecule has 3 heteroatoms. The first-order valence-corrected chi connectivity index (χ1v) is 7.46. The van der Waals surface area contributed by atoms with Crippen molar-refractivity contribution < 1.29 is 4.79 Å². The van der Waals surface area contributed by atoms with Crippen molar-refractivity contribution in [1.29, 1.82) is 0 Å². The Balaban J connectivity index is 1.84. The van der Waals surface area contributed by atoms with Crippen LogP contribution in [0, 0.1) is 12.8 Å². The number of carbonyl (C=O) groups excluding carboxylic acids is 1. The third kappa shape index (κ3) is 3.68. The van der Waals surface area contributed by atoms with Crippen molar-refractivity contribution in [2.45, 2.75) is 26.3 Å². The molecule has 20 heavy (non-hydrogen) atoms. The molecule has 0 aromatic heterocycles. The number of carbonyl (C=O) groups is 1. The first-order valence-electron chi connectivity index (χ1n) is 7.46. The summed E-state index contributed by atoms with van der Waals surface area (Å²) in [4.78, 5) is 16.9. The van der Waals surface area contributed by atoms with Crippen LogP contribution in [-0.4, -0.2) is 55.4 Å². The van der Waals surface area contributed by atoms with E-state index in [1.807, 2.05) is 31.2 Å². The van der Waals surface area contributed by atoms with Gasteiger partial charge in [0.25, 0.3) is 0 Å². The minimum atomic E-state index is 0.256. The fourth-order valence-corrected chi connectivity index (χ4v) is 3.05. The summed E-state index contributed by atoms with van der Waals surface area (Å²) in [5.74, 6) is 0.936. The van der Waals surface area contributed by atoms with Gasteiger partial charge in [0.2, 0.25) is 0 Å². The van der Waals surface area contributed by atoms with Crippen molar-refractivity contribution in [3.8, 4) is 0 Å². The smallest absolute Gasteiger partial charge is 0.164 e. The average Bonchev–Trinajstić information content (AvgIpc) is 2.78. The Morgan fingerprint density at radius 3 is 2.45 bits per heavy atom. The van der Waals surface area contributed by atoms with E-state index in [2.05, 4.69) is 30.8 Å². The molecule has 0 bridgehead atoms. The maximum Gasteiger partial charge on any atom is 0.164 e. The normalized spacial score (nSPS) is 23.4. The van der Waals surface area contributed by atoms with E-state index < -0.39 is 0 Å². The molecule has 1 aromatic rings. The topological polar surface area (TPSA) is 23.6 Å². The van der Waals surface area contributed by atoms with Crippen molar-refractivity contribution in [3.63, 3.8) is 0 Å². The van der Waals surface area contributed by atoms with E-state index in [1.165, 1.54) is 5.56 Å². The van der Waals surface area contributed by atoms with Crippen LogP contribution in [0.1, 0.15) is 29.3 Å². The fourth-order valence-electron chi connectivity index (χ4n) is 3.05. The second kappa shape index (κ2) is 6.51. The molecule has 110 valence electrons. The predicted octanol–water partition coefficient (Wildman–Crippen LogP) is 2.45. The number of rotatable bonds is 5. The van der Waals surface area contributed by atoms with Gasteiger partial charge >= 0.3 is 0 Å². The van der Waals surface area contributed by atoms with Gasteiger partial charge < -0.3 is 9.80 Å². The molecule has 1 heterocycles. The number of Topliss-reactive ketones (excluding diaryl/α,β-unsaturated/α-hetero) is 1. The third-order valence-electron chi connectivity index (χ3n) is 4.34. The second-order valence-corrected chi connectivity index (χ2v) is 6.31. The zero-order valence-corrected chi connectivity index (χ0v) is 13.1. The molecule has 1 fully saturated rings. The van der Waals surface area contributed by atoms with Crippen molar-refractivity contribution in [2.75, 3.05) is 33.7 Å². The van der Waals surface area contributed by atoms with Gasteiger partial charge in [0.1, 0.15) is 0 Å². The average molecular weight is 274 g/mol. The molecule has 1 aromatic carbocycles. The summed E-state index contributed by atoms with van der Waals surface area (Å²) < 4.78 is 0. The number of benzene rings is 1. The van der Waals surface area contributed by atoms with Crippen LogP contribution in [0.15, 0.2) is 24.3 Å². The molecule has 1 aliphatic heterocycles. The summed E-state index contributed by atoms with van der Waals surface area (Å²) in [6.07, 6.45) is 0.621. The molecule has 0 aliphatic carbocycles. The van der Waals surface area contributed by atoms with Gasteiger partial charge in [-0.05, 0) is 26.9 Å². The summed E-state index contributed by atoms with van der Waals surface area (Å²) in [6, 6.07) is 8.50. The zero-order chi connectivity index (χ0) is 14.7. The maximum atomic E-state index is 12.2. The molecule has 2 atom stereocenters. The minimum absolute atomic E-state index is 0.256.